The van der Waals surface area contributed by atoms with Crippen molar-refractivity contribution in [2.75, 3.05) is 26.2 Å². The van der Waals surface area contributed by atoms with Crippen LogP contribution in [-0.4, -0.2) is 41.3 Å². The normalized spacial score (nSPS) is 18.5. The summed E-state index contributed by atoms with van der Waals surface area (Å²) in [6.45, 7) is 5.18. The quantitative estimate of drug-likeness (QED) is 0.844. The second-order valence-electron chi connectivity index (χ2n) is 5.78. The predicted octanol–water partition coefficient (Wildman–Crippen LogP) is 2.51. The summed E-state index contributed by atoms with van der Waals surface area (Å²) >= 11 is 0. The Morgan fingerprint density at radius 2 is 2.30 bits per heavy atom. The topological polar surface area (TPSA) is 75.2 Å². The van der Waals surface area contributed by atoms with Gasteiger partial charge in [-0.1, -0.05) is 17.3 Å². The zero-order chi connectivity index (χ0) is 16.1. The molecule has 120 valence electrons. The zero-order valence-corrected chi connectivity index (χ0v) is 13.2. The van der Waals surface area contributed by atoms with Crippen molar-refractivity contribution in [2.24, 2.45) is 0 Å². The molecule has 0 N–H and O–H groups in total. The van der Waals surface area contributed by atoms with Gasteiger partial charge in [-0.25, -0.2) is 0 Å². The minimum Gasteiger partial charge on any atom is -0.491 e. The number of nitrogens with zero attached hydrogens (tertiary/aromatic N) is 4. The van der Waals surface area contributed by atoms with Gasteiger partial charge in [0.2, 0.25) is 5.89 Å². The van der Waals surface area contributed by atoms with E-state index in [1.807, 2.05) is 25.1 Å². The van der Waals surface area contributed by atoms with Crippen molar-refractivity contribution in [1.82, 2.24) is 15.0 Å². The fraction of sp³-hybridized carbons (Fsp3) is 0.471. The van der Waals surface area contributed by atoms with Crippen molar-refractivity contribution >= 4 is 0 Å². The smallest absolute Gasteiger partial charge is 0.231 e. The highest BCUT2D eigenvalue weighted by Crippen LogP contribution is 2.25. The van der Waals surface area contributed by atoms with E-state index in [0.29, 0.717) is 29.7 Å². The number of hydrogen-bond acceptors (Lipinski definition) is 6. The summed E-state index contributed by atoms with van der Waals surface area (Å²) < 4.78 is 11.1. The third kappa shape index (κ3) is 3.88. The molecule has 1 aromatic heterocycles. The van der Waals surface area contributed by atoms with Gasteiger partial charge in [0, 0.05) is 13.1 Å². The maximum absolute atomic E-state index is 9.07. The molecular weight excluding hydrogens is 292 g/mol. The van der Waals surface area contributed by atoms with Crippen LogP contribution in [0.1, 0.15) is 36.0 Å². The Labute approximate surface area is 135 Å². The summed E-state index contributed by atoms with van der Waals surface area (Å²) in [5.74, 6) is 2.38. The monoisotopic (exact) mass is 312 g/mol. The van der Waals surface area contributed by atoms with Gasteiger partial charge < -0.3 is 9.26 Å². The number of hydrogen-bond donors (Lipinski definition) is 0. The number of nitriles is 1. The largest absolute Gasteiger partial charge is 0.491 e. The fourth-order valence-corrected chi connectivity index (χ4v) is 2.91. The molecule has 0 radical (unpaired) electrons. The van der Waals surface area contributed by atoms with Gasteiger partial charge in [-0.3, -0.25) is 4.90 Å². The van der Waals surface area contributed by atoms with Crippen LogP contribution in [0.3, 0.4) is 0 Å². The molecule has 0 aliphatic carbocycles. The third-order valence-corrected chi connectivity index (χ3v) is 4.07. The summed E-state index contributed by atoms with van der Waals surface area (Å²) in [6.07, 6.45) is 2.19. The van der Waals surface area contributed by atoms with E-state index in [2.05, 4.69) is 21.1 Å². The Hall–Kier alpha value is -2.39. The Morgan fingerprint density at radius 3 is 3.09 bits per heavy atom. The average Bonchev–Trinajstić information content (AvgIpc) is 3.02. The molecule has 23 heavy (non-hydrogen) atoms. The average molecular weight is 312 g/mol. The van der Waals surface area contributed by atoms with E-state index in [9.17, 15) is 0 Å². The number of para-hydroxylation sites is 1. The van der Waals surface area contributed by atoms with Crippen molar-refractivity contribution < 1.29 is 9.26 Å². The summed E-state index contributed by atoms with van der Waals surface area (Å²) in [5, 5.41) is 12.9. The summed E-state index contributed by atoms with van der Waals surface area (Å²) in [4.78, 5) is 6.70. The fourth-order valence-electron chi connectivity index (χ4n) is 2.91. The molecule has 0 spiro atoms. The summed E-state index contributed by atoms with van der Waals surface area (Å²) in [6, 6.07) is 9.47. The Balaban J connectivity index is 1.51. The molecule has 1 saturated heterocycles. The first-order chi connectivity index (χ1) is 11.3. The molecule has 1 aromatic carbocycles. The van der Waals surface area contributed by atoms with Crippen LogP contribution < -0.4 is 4.74 Å². The zero-order valence-electron chi connectivity index (χ0n) is 13.2. The number of rotatable bonds is 5. The van der Waals surface area contributed by atoms with Crippen molar-refractivity contribution in [3.8, 4) is 11.8 Å². The lowest BCUT2D eigenvalue weighted by Crippen LogP contribution is -2.37. The van der Waals surface area contributed by atoms with E-state index < -0.39 is 0 Å². The number of aromatic nitrogens is 2. The number of benzene rings is 1. The molecule has 0 bridgehead atoms. The Bertz CT molecular complexity index is 692. The SMILES string of the molecule is Cc1noc([C@H]2CCCN(CCOc3ccccc3C#N)C2)n1. The predicted molar refractivity (Wildman–Crippen MR) is 84.1 cm³/mol. The van der Waals surface area contributed by atoms with Crippen LogP contribution in [0.2, 0.25) is 0 Å². The molecule has 1 aliphatic heterocycles. The molecule has 6 nitrogen and oxygen atoms in total. The Morgan fingerprint density at radius 1 is 1.43 bits per heavy atom. The van der Waals surface area contributed by atoms with Crippen LogP contribution in [0.25, 0.3) is 0 Å². The molecule has 1 aliphatic rings. The van der Waals surface area contributed by atoms with Gasteiger partial charge >= 0.3 is 0 Å². The lowest BCUT2D eigenvalue weighted by Gasteiger charge is -2.30. The van der Waals surface area contributed by atoms with Gasteiger partial charge in [-0.05, 0) is 38.4 Å². The van der Waals surface area contributed by atoms with Crippen molar-refractivity contribution in [3.05, 3.63) is 41.5 Å². The molecule has 1 fully saturated rings. The van der Waals surface area contributed by atoms with Gasteiger partial charge in [0.1, 0.15) is 18.4 Å². The molecular formula is C17H20N4O2. The Kier molecular flexibility index (Phi) is 4.89. The molecule has 0 saturated carbocycles. The highest BCUT2D eigenvalue weighted by Gasteiger charge is 2.25. The number of piperidine rings is 1. The van der Waals surface area contributed by atoms with E-state index in [-0.39, 0.29) is 0 Å². The first-order valence-corrected chi connectivity index (χ1v) is 7.91. The van der Waals surface area contributed by atoms with Gasteiger partial charge in [-0.15, -0.1) is 0 Å². The van der Waals surface area contributed by atoms with Gasteiger partial charge in [0.05, 0.1) is 11.5 Å². The lowest BCUT2D eigenvalue weighted by atomic mass is 9.98. The van der Waals surface area contributed by atoms with Crippen LogP contribution in [0.15, 0.2) is 28.8 Å². The van der Waals surface area contributed by atoms with Crippen molar-refractivity contribution in [2.45, 2.75) is 25.7 Å². The van der Waals surface area contributed by atoms with Crippen LogP contribution in [-0.2, 0) is 0 Å². The molecule has 6 heteroatoms. The van der Waals surface area contributed by atoms with Crippen LogP contribution in [0.4, 0.5) is 0 Å². The molecule has 0 amide bonds. The van der Waals surface area contributed by atoms with E-state index in [4.69, 9.17) is 14.5 Å². The first-order valence-electron chi connectivity index (χ1n) is 7.91. The van der Waals surface area contributed by atoms with Gasteiger partial charge in [0.25, 0.3) is 0 Å². The first kappa shape index (κ1) is 15.5. The van der Waals surface area contributed by atoms with Crippen molar-refractivity contribution in [3.63, 3.8) is 0 Å². The van der Waals surface area contributed by atoms with Crippen LogP contribution in [0.5, 0.6) is 5.75 Å². The van der Waals surface area contributed by atoms with E-state index >= 15 is 0 Å². The van der Waals surface area contributed by atoms with E-state index in [0.717, 1.165) is 38.4 Å². The van der Waals surface area contributed by atoms with Gasteiger partial charge in [0.15, 0.2) is 5.82 Å². The molecule has 3 rings (SSSR count). The van der Waals surface area contributed by atoms with Crippen LogP contribution in [0, 0.1) is 18.3 Å². The molecule has 0 unspecified atom stereocenters. The highest BCUT2D eigenvalue weighted by molar-refractivity contribution is 5.42. The third-order valence-electron chi connectivity index (χ3n) is 4.07. The standard InChI is InChI=1S/C17H20N4O2/c1-13-19-17(23-20-13)15-6-4-8-21(12-15)9-10-22-16-7-3-2-5-14(16)11-18/h2-3,5,7,15H,4,6,8-10,12H2,1H3/t15-/m0/s1. The molecule has 2 aromatic rings. The number of ether oxygens (including phenoxy) is 1. The van der Waals surface area contributed by atoms with E-state index in [1.165, 1.54) is 0 Å². The van der Waals surface area contributed by atoms with Gasteiger partial charge in [-0.2, -0.15) is 10.2 Å². The maximum Gasteiger partial charge on any atom is 0.231 e. The second kappa shape index (κ2) is 7.25. The summed E-state index contributed by atoms with van der Waals surface area (Å²) in [7, 11) is 0. The van der Waals surface area contributed by atoms with Crippen LogP contribution >= 0.6 is 0 Å². The number of aryl methyl sites for hydroxylation is 1. The minimum atomic E-state index is 0.302. The molecule has 1 atom stereocenters. The summed E-state index contributed by atoms with van der Waals surface area (Å²) in [5.41, 5.74) is 0.574. The van der Waals surface area contributed by atoms with Crippen molar-refractivity contribution in [1.29, 1.82) is 5.26 Å². The lowest BCUT2D eigenvalue weighted by molar-refractivity contribution is 0.157. The minimum absolute atomic E-state index is 0.302. The van der Waals surface area contributed by atoms with E-state index in [1.54, 1.807) is 6.07 Å². The second-order valence-corrected chi connectivity index (χ2v) is 5.78. The number of likely N-dealkylation sites (tertiary alicyclic amines) is 1. The maximum atomic E-state index is 9.07. The molecule has 2 heterocycles. The highest BCUT2D eigenvalue weighted by atomic mass is 16.5.